The first-order valence-corrected chi connectivity index (χ1v) is 7.64. The van der Waals surface area contributed by atoms with Gasteiger partial charge in [-0.2, -0.15) is 0 Å². The molecule has 1 aromatic heterocycles. The van der Waals surface area contributed by atoms with E-state index in [1.807, 2.05) is 0 Å². The summed E-state index contributed by atoms with van der Waals surface area (Å²) >= 11 is 0. The fourth-order valence-electron chi connectivity index (χ4n) is 2.44. The molecule has 0 aliphatic heterocycles. The normalized spacial score (nSPS) is 10.7. The zero-order valence-corrected chi connectivity index (χ0v) is 13.2. The Hall–Kier alpha value is -3.02. The number of benzene rings is 2. The fourth-order valence-corrected chi connectivity index (χ4v) is 2.44. The van der Waals surface area contributed by atoms with E-state index in [-0.39, 0.29) is 24.5 Å². The Balaban J connectivity index is 1.70. The van der Waals surface area contributed by atoms with Gasteiger partial charge < -0.3 is 9.88 Å². The first-order chi connectivity index (χ1) is 12.0. The summed E-state index contributed by atoms with van der Waals surface area (Å²) in [6, 6.07) is 12.4. The van der Waals surface area contributed by atoms with Crippen LogP contribution in [0.5, 0.6) is 0 Å². The standard InChI is InChI=1S/C19H15F3N2O/c20-15-3-1-2-13(8-15)12-24-7-6-17(10-19(24)25)23-11-14-4-5-16(21)9-18(14)22/h1-10,23H,11-12H2. The third-order valence-corrected chi connectivity index (χ3v) is 3.74. The Morgan fingerprint density at radius 3 is 2.44 bits per heavy atom. The first-order valence-electron chi connectivity index (χ1n) is 7.64. The molecule has 0 amide bonds. The largest absolute Gasteiger partial charge is 0.381 e. The second-order valence-corrected chi connectivity index (χ2v) is 5.60. The lowest BCUT2D eigenvalue weighted by Crippen LogP contribution is -2.20. The monoisotopic (exact) mass is 344 g/mol. The number of nitrogens with one attached hydrogen (secondary N) is 1. The lowest BCUT2D eigenvalue weighted by atomic mass is 10.2. The van der Waals surface area contributed by atoms with Gasteiger partial charge in [0, 0.05) is 36.1 Å². The summed E-state index contributed by atoms with van der Waals surface area (Å²) in [7, 11) is 0. The number of anilines is 1. The highest BCUT2D eigenvalue weighted by Gasteiger charge is 2.05. The van der Waals surface area contributed by atoms with Gasteiger partial charge in [0.1, 0.15) is 17.5 Å². The summed E-state index contributed by atoms with van der Waals surface area (Å²) in [6.45, 7) is 0.378. The van der Waals surface area contributed by atoms with Gasteiger partial charge in [0.25, 0.3) is 5.56 Å². The molecule has 6 heteroatoms. The zero-order valence-electron chi connectivity index (χ0n) is 13.2. The van der Waals surface area contributed by atoms with Crippen LogP contribution in [0.25, 0.3) is 0 Å². The molecule has 0 atom stereocenters. The molecule has 0 spiro atoms. The Bertz CT molecular complexity index is 953. The molecular weight excluding hydrogens is 329 g/mol. The summed E-state index contributed by atoms with van der Waals surface area (Å²) < 4.78 is 41.1. The van der Waals surface area contributed by atoms with Gasteiger partial charge in [-0.25, -0.2) is 13.2 Å². The van der Waals surface area contributed by atoms with E-state index in [4.69, 9.17) is 0 Å². The lowest BCUT2D eigenvalue weighted by molar-refractivity contribution is 0.574. The molecule has 0 radical (unpaired) electrons. The van der Waals surface area contributed by atoms with Crippen molar-refractivity contribution >= 4 is 5.69 Å². The molecular formula is C19H15F3N2O. The number of hydrogen-bond acceptors (Lipinski definition) is 2. The van der Waals surface area contributed by atoms with Crippen LogP contribution in [0, 0.1) is 17.5 Å². The minimum absolute atomic E-state index is 0.124. The SMILES string of the molecule is O=c1cc(NCc2ccc(F)cc2F)ccn1Cc1cccc(F)c1. The van der Waals surface area contributed by atoms with E-state index in [1.165, 1.54) is 34.9 Å². The number of halogens is 3. The summed E-state index contributed by atoms with van der Waals surface area (Å²) in [5.74, 6) is -1.64. The number of hydrogen-bond donors (Lipinski definition) is 1. The Morgan fingerprint density at radius 2 is 1.72 bits per heavy atom. The third kappa shape index (κ3) is 4.29. The molecule has 2 aromatic carbocycles. The Morgan fingerprint density at radius 1 is 0.920 bits per heavy atom. The van der Waals surface area contributed by atoms with E-state index in [9.17, 15) is 18.0 Å². The van der Waals surface area contributed by atoms with Crippen molar-refractivity contribution in [1.82, 2.24) is 4.57 Å². The van der Waals surface area contributed by atoms with Crippen molar-refractivity contribution in [2.45, 2.75) is 13.1 Å². The van der Waals surface area contributed by atoms with Gasteiger partial charge in [-0.15, -0.1) is 0 Å². The smallest absolute Gasteiger partial charge is 0.252 e. The minimum atomic E-state index is -0.646. The van der Waals surface area contributed by atoms with Gasteiger partial charge in [0.2, 0.25) is 0 Å². The van der Waals surface area contributed by atoms with Gasteiger partial charge in [-0.05, 0) is 29.8 Å². The molecule has 0 saturated carbocycles. The van der Waals surface area contributed by atoms with Gasteiger partial charge in [0.05, 0.1) is 6.54 Å². The zero-order chi connectivity index (χ0) is 17.8. The molecule has 0 fully saturated rings. The van der Waals surface area contributed by atoms with Crippen LogP contribution in [0.1, 0.15) is 11.1 Å². The van der Waals surface area contributed by atoms with Crippen LogP contribution in [0.2, 0.25) is 0 Å². The maximum absolute atomic E-state index is 13.6. The number of rotatable bonds is 5. The first kappa shape index (κ1) is 16.8. The average molecular weight is 344 g/mol. The van der Waals surface area contributed by atoms with E-state index in [2.05, 4.69) is 5.32 Å². The molecule has 3 nitrogen and oxygen atoms in total. The number of aromatic nitrogens is 1. The van der Waals surface area contributed by atoms with Crippen LogP contribution >= 0.6 is 0 Å². The topological polar surface area (TPSA) is 34.0 Å². The van der Waals surface area contributed by atoms with Crippen molar-refractivity contribution in [3.05, 3.63) is 99.7 Å². The van der Waals surface area contributed by atoms with Crippen molar-refractivity contribution < 1.29 is 13.2 Å². The predicted octanol–water partition coefficient (Wildman–Crippen LogP) is 3.93. The summed E-state index contributed by atoms with van der Waals surface area (Å²) in [5, 5.41) is 2.93. The summed E-state index contributed by atoms with van der Waals surface area (Å²) in [5.41, 5.74) is 1.22. The highest BCUT2D eigenvalue weighted by Crippen LogP contribution is 2.12. The maximum Gasteiger partial charge on any atom is 0.252 e. The minimum Gasteiger partial charge on any atom is -0.381 e. The molecule has 0 unspecified atom stereocenters. The molecule has 25 heavy (non-hydrogen) atoms. The molecule has 1 N–H and O–H groups in total. The molecule has 3 aromatic rings. The van der Waals surface area contributed by atoms with Crippen molar-refractivity contribution in [1.29, 1.82) is 0 Å². The van der Waals surface area contributed by atoms with E-state index < -0.39 is 11.6 Å². The quantitative estimate of drug-likeness (QED) is 0.761. The molecule has 3 rings (SSSR count). The molecule has 1 heterocycles. The van der Waals surface area contributed by atoms with Gasteiger partial charge in [0.15, 0.2) is 0 Å². The van der Waals surface area contributed by atoms with E-state index in [0.29, 0.717) is 16.8 Å². The fraction of sp³-hybridized carbons (Fsp3) is 0.105. The van der Waals surface area contributed by atoms with E-state index in [1.54, 1.807) is 24.4 Å². The van der Waals surface area contributed by atoms with Crippen LogP contribution in [-0.2, 0) is 13.1 Å². The number of nitrogens with zero attached hydrogens (tertiary/aromatic N) is 1. The molecule has 0 aliphatic carbocycles. The third-order valence-electron chi connectivity index (χ3n) is 3.74. The summed E-state index contributed by atoms with van der Waals surface area (Å²) in [6.07, 6.45) is 1.58. The summed E-state index contributed by atoms with van der Waals surface area (Å²) in [4.78, 5) is 12.2. The lowest BCUT2D eigenvalue weighted by Gasteiger charge is -2.10. The predicted molar refractivity (Wildman–Crippen MR) is 89.9 cm³/mol. The molecule has 0 saturated heterocycles. The van der Waals surface area contributed by atoms with Crippen LogP contribution < -0.4 is 10.9 Å². The van der Waals surface area contributed by atoms with E-state index in [0.717, 1.165) is 6.07 Å². The van der Waals surface area contributed by atoms with Crippen LogP contribution in [0.15, 0.2) is 65.6 Å². The van der Waals surface area contributed by atoms with Crippen LogP contribution in [0.3, 0.4) is 0 Å². The van der Waals surface area contributed by atoms with Crippen molar-refractivity contribution in [3.8, 4) is 0 Å². The second kappa shape index (κ2) is 7.25. The molecule has 0 aliphatic rings. The average Bonchev–Trinajstić information content (AvgIpc) is 2.56. The Kier molecular flexibility index (Phi) is 4.88. The van der Waals surface area contributed by atoms with Crippen molar-refractivity contribution in [2.75, 3.05) is 5.32 Å². The van der Waals surface area contributed by atoms with Crippen LogP contribution in [0.4, 0.5) is 18.9 Å². The Labute approximate surface area is 142 Å². The highest BCUT2D eigenvalue weighted by molar-refractivity contribution is 5.42. The van der Waals surface area contributed by atoms with Gasteiger partial charge in [-0.1, -0.05) is 18.2 Å². The van der Waals surface area contributed by atoms with Gasteiger partial charge in [-0.3, -0.25) is 4.79 Å². The second-order valence-electron chi connectivity index (χ2n) is 5.60. The maximum atomic E-state index is 13.6. The van der Waals surface area contributed by atoms with E-state index >= 15 is 0 Å². The molecule has 128 valence electrons. The molecule has 0 bridgehead atoms. The van der Waals surface area contributed by atoms with Crippen molar-refractivity contribution in [3.63, 3.8) is 0 Å². The van der Waals surface area contributed by atoms with Crippen molar-refractivity contribution in [2.24, 2.45) is 0 Å². The van der Waals surface area contributed by atoms with Gasteiger partial charge >= 0.3 is 0 Å². The van der Waals surface area contributed by atoms with Crippen LogP contribution in [-0.4, -0.2) is 4.57 Å². The highest BCUT2D eigenvalue weighted by atomic mass is 19.1. The number of pyridine rings is 1.